The summed E-state index contributed by atoms with van der Waals surface area (Å²) in [7, 11) is -3.63. The second-order valence-corrected chi connectivity index (χ2v) is 8.51. The fourth-order valence-corrected chi connectivity index (χ4v) is 4.39. The molecule has 2 rings (SSSR count). The van der Waals surface area contributed by atoms with Crippen molar-refractivity contribution in [3.63, 3.8) is 0 Å². The summed E-state index contributed by atoms with van der Waals surface area (Å²) in [6, 6.07) is 5.13. The van der Waals surface area contributed by atoms with Gasteiger partial charge >= 0.3 is 0 Å². The third-order valence-corrected chi connectivity index (χ3v) is 5.96. The number of amides is 1. The highest BCUT2D eigenvalue weighted by Gasteiger charge is 2.17. The first-order chi connectivity index (χ1) is 11.8. The molecule has 0 spiro atoms. The number of carbonyl (C=O) groups is 1. The van der Waals surface area contributed by atoms with E-state index in [1.807, 2.05) is 19.9 Å². The van der Waals surface area contributed by atoms with Crippen LogP contribution in [0.4, 0.5) is 5.13 Å². The molecule has 2 N–H and O–H groups in total. The average Bonchev–Trinajstić information content (AvgIpc) is 2.94. The topological polar surface area (TPSA) is 101 Å². The minimum Gasteiger partial charge on any atom is -0.300 e. The molecule has 0 bridgehead atoms. The van der Waals surface area contributed by atoms with Crippen LogP contribution in [-0.2, 0) is 21.2 Å². The van der Waals surface area contributed by atoms with Gasteiger partial charge in [0.25, 0.3) is 0 Å². The number of sulfonamides is 1. The van der Waals surface area contributed by atoms with Crippen molar-refractivity contribution in [2.75, 3.05) is 11.9 Å². The van der Waals surface area contributed by atoms with Crippen molar-refractivity contribution in [1.82, 2.24) is 14.9 Å². The number of hydrogen-bond donors (Lipinski definition) is 2. The minimum atomic E-state index is -3.63. The highest BCUT2D eigenvalue weighted by molar-refractivity contribution is 7.89. The van der Waals surface area contributed by atoms with Gasteiger partial charge in [-0.05, 0) is 31.9 Å². The molecule has 0 aliphatic heterocycles. The highest BCUT2D eigenvalue weighted by atomic mass is 32.2. The second-order valence-electron chi connectivity index (χ2n) is 5.72. The highest BCUT2D eigenvalue weighted by Crippen LogP contribution is 2.17. The van der Waals surface area contributed by atoms with Gasteiger partial charge < -0.3 is 5.32 Å². The fourth-order valence-electron chi connectivity index (χ4n) is 2.28. The Labute approximate surface area is 151 Å². The van der Waals surface area contributed by atoms with E-state index in [1.54, 1.807) is 19.1 Å². The van der Waals surface area contributed by atoms with Gasteiger partial charge in [-0.25, -0.2) is 13.1 Å². The van der Waals surface area contributed by atoms with E-state index in [-0.39, 0.29) is 23.8 Å². The van der Waals surface area contributed by atoms with Crippen LogP contribution in [0.3, 0.4) is 0 Å². The molecule has 0 unspecified atom stereocenters. The number of carbonyl (C=O) groups excluding carboxylic acids is 1. The number of anilines is 1. The fraction of sp³-hybridized carbons (Fsp3) is 0.438. The summed E-state index contributed by atoms with van der Waals surface area (Å²) in [5.41, 5.74) is 1.67. The molecular formula is C16H22N4O3S2. The van der Waals surface area contributed by atoms with E-state index in [2.05, 4.69) is 20.2 Å². The minimum absolute atomic E-state index is 0.0160. The molecule has 7 nitrogen and oxygen atoms in total. The Morgan fingerprint density at radius 1 is 1.24 bits per heavy atom. The summed E-state index contributed by atoms with van der Waals surface area (Å²) in [6.07, 6.45) is 1.80. The monoisotopic (exact) mass is 382 g/mol. The van der Waals surface area contributed by atoms with Crippen LogP contribution < -0.4 is 10.0 Å². The van der Waals surface area contributed by atoms with Gasteiger partial charge in [0, 0.05) is 19.4 Å². The van der Waals surface area contributed by atoms with E-state index in [1.165, 1.54) is 11.3 Å². The van der Waals surface area contributed by atoms with Crippen molar-refractivity contribution in [3.05, 3.63) is 34.3 Å². The smallest absolute Gasteiger partial charge is 0.240 e. The van der Waals surface area contributed by atoms with Crippen LogP contribution in [0.1, 0.15) is 35.9 Å². The van der Waals surface area contributed by atoms with Crippen LogP contribution in [0, 0.1) is 13.8 Å². The molecule has 9 heteroatoms. The normalized spacial score (nSPS) is 11.5. The standard InChI is InChI=1S/C16H22N4O3S2/c1-4-5-15-19-20-16(24-15)18-14(21)8-9-17-25(22,23)13-7-6-11(2)10-12(13)3/h6-7,10,17H,4-5,8-9H2,1-3H3,(H,18,20,21). The Balaban J connectivity index is 1.87. The Kier molecular flexibility index (Phi) is 6.63. The molecule has 136 valence electrons. The molecule has 0 aliphatic carbocycles. The molecular weight excluding hydrogens is 360 g/mol. The Bertz CT molecular complexity index is 847. The van der Waals surface area contributed by atoms with Crippen LogP contribution in [0.15, 0.2) is 23.1 Å². The van der Waals surface area contributed by atoms with Gasteiger partial charge in [-0.15, -0.1) is 10.2 Å². The Morgan fingerprint density at radius 2 is 2.00 bits per heavy atom. The average molecular weight is 383 g/mol. The number of hydrogen-bond acceptors (Lipinski definition) is 6. The lowest BCUT2D eigenvalue weighted by molar-refractivity contribution is -0.116. The molecule has 0 fully saturated rings. The summed E-state index contributed by atoms with van der Waals surface area (Å²) in [6.45, 7) is 5.71. The third-order valence-electron chi connectivity index (χ3n) is 3.44. The van der Waals surface area contributed by atoms with Gasteiger partial charge in [0.2, 0.25) is 21.1 Å². The number of benzene rings is 1. The number of nitrogens with one attached hydrogen (secondary N) is 2. The van der Waals surface area contributed by atoms with E-state index < -0.39 is 10.0 Å². The molecule has 25 heavy (non-hydrogen) atoms. The molecule has 0 atom stereocenters. The van der Waals surface area contributed by atoms with Crippen molar-refractivity contribution in [3.8, 4) is 0 Å². The number of nitrogens with zero attached hydrogens (tertiary/aromatic N) is 2. The maximum atomic E-state index is 12.3. The predicted octanol–water partition coefficient (Wildman–Crippen LogP) is 2.41. The lowest BCUT2D eigenvalue weighted by Crippen LogP contribution is -2.28. The summed E-state index contributed by atoms with van der Waals surface area (Å²) in [4.78, 5) is 12.1. The second kappa shape index (κ2) is 8.50. The summed E-state index contributed by atoms with van der Waals surface area (Å²) in [5.74, 6) is -0.303. The molecule has 0 aliphatic rings. The van der Waals surface area contributed by atoms with E-state index >= 15 is 0 Å². The summed E-state index contributed by atoms with van der Waals surface area (Å²) in [5, 5.41) is 11.8. The van der Waals surface area contributed by atoms with E-state index in [4.69, 9.17) is 0 Å². The van der Waals surface area contributed by atoms with Gasteiger partial charge in [0.15, 0.2) is 0 Å². The third kappa shape index (κ3) is 5.58. The van der Waals surface area contributed by atoms with E-state index in [0.717, 1.165) is 23.4 Å². The quantitative estimate of drug-likeness (QED) is 0.730. The van der Waals surface area contributed by atoms with Gasteiger partial charge in [-0.3, -0.25) is 4.79 Å². The van der Waals surface area contributed by atoms with Crippen molar-refractivity contribution < 1.29 is 13.2 Å². The summed E-state index contributed by atoms with van der Waals surface area (Å²) < 4.78 is 27.1. The number of aromatic nitrogens is 2. The molecule has 1 amide bonds. The zero-order chi connectivity index (χ0) is 18.4. The molecule has 1 heterocycles. The largest absolute Gasteiger partial charge is 0.300 e. The SMILES string of the molecule is CCCc1nnc(NC(=O)CCNS(=O)(=O)c2ccc(C)cc2C)s1. The lowest BCUT2D eigenvalue weighted by atomic mass is 10.2. The predicted molar refractivity (Wildman–Crippen MR) is 98.3 cm³/mol. The van der Waals surface area contributed by atoms with Crippen molar-refractivity contribution >= 4 is 32.4 Å². The van der Waals surface area contributed by atoms with Crippen molar-refractivity contribution in [2.24, 2.45) is 0 Å². The molecule has 1 aromatic heterocycles. The zero-order valence-corrected chi connectivity index (χ0v) is 16.1. The van der Waals surface area contributed by atoms with Crippen LogP contribution >= 0.6 is 11.3 Å². The number of aryl methyl sites for hydroxylation is 3. The van der Waals surface area contributed by atoms with Gasteiger partial charge in [-0.1, -0.05) is 36.0 Å². The van der Waals surface area contributed by atoms with Crippen LogP contribution in [0.5, 0.6) is 0 Å². The van der Waals surface area contributed by atoms with E-state index in [9.17, 15) is 13.2 Å². The zero-order valence-electron chi connectivity index (χ0n) is 14.5. The number of rotatable bonds is 8. The molecule has 0 saturated heterocycles. The van der Waals surface area contributed by atoms with Gasteiger partial charge in [0.1, 0.15) is 5.01 Å². The lowest BCUT2D eigenvalue weighted by Gasteiger charge is -2.09. The molecule has 1 aromatic carbocycles. The molecule has 0 saturated carbocycles. The van der Waals surface area contributed by atoms with E-state index in [0.29, 0.717) is 10.7 Å². The van der Waals surface area contributed by atoms with Crippen LogP contribution in [0.25, 0.3) is 0 Å². The maximum absolute atomic E-state index is 12.3. The first kappa shape index (κ1) is 19.5. The van der Waals surface area contributed by atoms with Crippen molar-refractivity contribution in [2.45, 2.75) is 44.9 Å². The Hall–Kier alpha value is -1.84. The van der Waals surface area contributed by atoms with Gasteiger partial charge in [-0.2, -0.15) is 0 Å². The van der Waals surface area contributed by atoms with Gasteiger partial charge in [0.05, 0.1) is 4.90 Å². The van der Waals surface area contributed by atoms with Crippen LogP contribution in [-0.4, -0.2) is 31.1 Å². The molecule has 2 aromatic rings. The van der Waals surface area contributed by atoms with Crippen LogP contribution in [0.2, 0.25) is 0 Å². The van der Waals surface area contributed by atoms with Crippen molar-refractivity contribution in [1.29, 1.82) is 0 Å². The summed E-state index contributed by atoms with van der Waals surface area (Å²) >= 11 is 1.33. The molecule has 0 radical (unpaired) electrons. The maximum Gasteiger partial charge on any atom is 0.240 e. The Morgan fingerprint density at radius 3 is 2.68 bits per heavy atom. The first-order valence-corrected chi connectivity index (χ1v) is 10.3. The first-order valence-electron chi connectivity index (χ1n) is 8.01.